The molecule has 10 heteroatoms. The summed E-state index contributed by atoms with van der Waals surface area (Å²) in [7, 11) is -3.51. The van der Waals surface area contributed by atoms with Gasteiger partial charge in [0.05, 0.1) is 42.7 Å². The number of benzene rings is 2. The average molecular weight is 463 g/mol. The number of hydrogen-bond acceptors (Lipinski definition) is 6. The van der Waals surface area contributed by atoms with Crippen molar-refractivity contribution in [3.05, 3.63) is 48.5 Å². The number of nitrogens with zero attached hydrogens (tertiary/aromatic N) is 2. The molecule has 8 nitrogen and oxygen atoms in total. The first-order valence-corrected chi connectivity index (χ1v) is 12.1. The van der Waals surface area contributed by atoms with Crippen LogP contribution in [0.5, 0.6) is 0 Å². The van der Waals surface area contributed by atoms with Crippen LogP contribution in [0.25, 0.3) is 0 Å². The largest absolute Gasteiger partial charge is 0.379 e. The number of morpholine rings is 2. The van der Waals surface area contributed by atoms with Gasteiger partial charge in [0.15, 0.2) is 5.11 Å². The third kappa shape index (κ3) is 5.34. The Hall–Kier alpha value is -2.24. The van der Waals surface area contributed by atoms with Gasteiger partial charge in [0.2, 0.25) is 10.0 Å². The highest BCUT2D eigenvalue weighted by atomic mass is 32.2. The molecule has 166 valence electrons. The summed E-state index contributed by atoms with van der Waals surface area (Å²) < 4.78 is 37.6. The number of para-hydroxylation sites is 2. The molecule has 0 aliphatic carbocycles. The van der Waals surface area contributed by atoms with Crippen LogP contribution in [-0.2, 0) is 19.5 Å². The molecule has 2 N–H and O–H groups in total. The van der Waals surface area contributed by atoms with Gasteiger partial charge in [0.25, 0.3) is 0 Å². The lowest BCUT2D eigenvalue weighted by molar-refractivity contribution is 0.0730. The first-order chi connectivity index (χ1) is 15.0. The number of nitrogens with one attached hydrogen (secondary N) is 2. The van der Waals surface area contributed by atoms with E-state index in [2.05, 4.69) is 21.6 Å². The van der Waals surface area contributed by atoms with Crippen molar-refractivity contribution in [2.75, 3.05) is 68.1 Å². The maximum Gasteiger partial charge on any atom is 0.243 e. The van der Waals surface area contributed by atoms with Crippen LogP contribution in [0.4, 0.5) is 17.1 Å². The third-order valence-corrected chi connectivity index (χ3v) is 7.34. The van der Waals surface area contributed by atoms with E-state index in [9.17, 15) is 8.42 Å². The van der Waals surface area contributed by atoms with Crippen LogP contribution in [-0.4, -0.2) is 70.4 Å². The van der Waals surface area contributed by atoms with Crippen molar-refractivity contribution in [3.63, 3.8) is 0 Å². The first kappa shape index (κ1) is 22.0. The molecule has 2 aliphatic heterocycles. The fraction of sp³-hybridized carbons (Fsp3) is 0.381. The third-order valence-electron chi connectivity index (χ3n) is 5.22. The monoisotopic (exact) mass is 462 g/mol. The average Bonchev–Trinajstić information content (AvgIpc) is 2.81. The highest BCUT2D eigenvalue weighted by molar-refractivity contribution is 7.89. The zero-order valence-corrected chi connectivity index (χ0v) is 18.8. The fourth-order valence-corrected chi connectivity index (χ4v) is 5.23. The SMILES string of the molecule is O=S(=O)(c1ccc(NC(=S)Nc2ccccc2N2CCOCC2)cc1)N1CCOCC1. The Morgan fingerprint density at radius 2 is 1.45 bits per heavy atom. The van der Waals surface area contributed by atoms with Crippen molar-refractivity contribution in [1.29, 1.82) is 0 Å². The summed E-state index contributed by atoms with van der Waals surface area (Å²) in [6.07, 6.45) is 0. The Morgan fingerprint density at radius 3 is 2.13 bits per heavy atom. The zero-order valence-electron chi connectivity index (χ0n) is 17.1. The van der Waals surface area contributed by atoms with Gasteiger partial charge in [-0.2, -0.15) is 4.31 Å². The summed E-state index contributed by atoms with van der Waals surface area (Å²) in [5.41, 5.74) is 2.69. The molecule has 0 aromatic heterocycles. The summed E-state index contributed by atoms with van der Waals surface area (Å²) in [5, 5.41) is 6.81. The Morgan fingerprint density at radius 1 is 0.839 bits per heavy atom. The summed E-state index contributed by atoms with van der Waals surface area (Å²) >= 11 is 5.48. The minimum absolute atomic E-state index is 0.261. The van der Waals surface area contributed by atoms with Crippen molar-refractivity contribution in [2.45, 2.75) is 4.90 Å². The molecule has 0 saturated carbocycles. The summed E-state index contributed by atoms with van der Waals surface area (Å²) in [4.78, 5) is 2.52. The Bertz CT molecular complexity index is 1000. The molecule has 0 unspecified atom stereocenters. The second-order valence-corrected chi connectivity index (χ2v) is 9.58. The lowest BCUT2D eigenvalue weighted by Gasteiger charge is -2.30. The Labute approximate surface area is 188 Å². The first-order valence-electron chi connectivity index (χ1n) is 10.2. The smallest absolute Gasteiger partial charge is 0.243 e. The van der Waals surface area contributed by atoms with Gasteiger partial charge in [-0.1, -0.05) is 12.1 Å². The number of thiocarbonyl (C=S) groups is 1. The van der Waals surface area contributed by atoms with Gasteiger partial charge in [-0.15, -0.1) is 0 Å². The van der Waals surface area contributed by atoms with E-state index in [1.807, 2.05) is 18.2 Å². The van der Waals surface area contributed by atoms with Gasteiger partial charge in [-0.25, -0.2) is 8.42 Å². The predicted octanol–water partition coefficient (Wildman–Crippen LogP) is 2.35. The standard InChI is InChI=1S/C21H26N4O4S2/c26-31(27,25-11-15-29-16-12-25)18-7-5-17(6-8-18)22-21(30)23-19-3-1-2-4-20(19)24-9-13-28-14-10-24/h1-8H,9-16H2,(H2,22,23,30). The second-order valence-electron chi connectivity index (χ2n) is 7.24. The molecule has 4 rings (SSSR count). The molecule has 2 aromatic rings. The Balaban J connectivity index is 1.40. The molecular formula is C21H26N4O4S2. The highest BCUT2D eigenvalue weighted by Crippen LogP contribution is 2.27. The quantitative estimate of drug-likeness (QED) is 0.656. The molecule has 0 amide bonds. The molecular weight excluding hydrogens is 436 g/mol. The van der Waals surface area contributed by atoms with Crippen LogP contribution in [0.3, 0.4) is 0 Å². The van der Waals surface area contributed by atoms with Crippen LogP contribution in [0.15, 0.2) is 53.4 Å². The van der Waals surface area contributed by atoms with Crippen molar-refractivity contribution in [1.82, 2.24) is 4.31 Å². The molecule has 2 aliphatic rings. The van der Waals surface area contributed by atoms with Crippen LogP contribution >= 0.6 is 12.2 Å². The lowest BCUT2D eigenvalue weighted by Crippen LogP contribution is -2.40. The van der Waals surface area contributed by atoms with E-state index >= 15 is 0 Å². The summed E-state index contributed by atoms with van der Waals surface area (Å²) in [5.74, 6) is 0. The van der Waals surface area contributed by atoms with Gasteiger partial charge < -0.3 is 25.0 Å². The van der Waals surface area contributed by atoms with Gasteiger partial charge in [-0.05, 0) is 48.6 Å². The van der Waals surface area contributed by atoms with Gasteiger partial charge in [-0.3, -0.25) is 0 Å². The molecule has 2 aromatic carbocycles. The minimum atomic E-state index is -3.51. The van der Waals surface area contributed by atoms with Crippen molar-refractivity contribution < 1.29 is 17.9 Å². The van der Waals surface area contributed by atoms with Gasteiger partial charge in [0.1, 0.15) is 0 Å². The minimum Gasteiger partial charge on any atom is -0.379 e. The van der Waals surface area contributed by atoms with E-state index in [4.69, 9.17) is 21.7 Å². The zero-order chi connectivity index (χ0) is 21.7. The molecule has 0 spiro atoms. The molecule has 0 atom stereocenters. The topological polar surface area (TPSA) is 83.1 Å². The second kappa shape index (κ2) is 9.92. The number of hydrogen-bond donors (Lipinski definition) is 2. The van der Waals surface area contributed by atoms with E-state index in [0.717, 1.165) is 24.5 Å². The van der Waals surface area contributed by atoms with Crippen LogP contribution in [0, 0.1) is 0 Å². The summed E-state index contributed by atoms with van der Waals surface area (Å²) in [6, 6.07) is 14.6. The van der Waals surface area contributed by atoms with Crippen molar-refractivity contribution in [2.24, 2.45) is 0 Å². The number of rotatable bonds is 5. The van der Waals surface area contributed by atoms with E-state index < -0.39 is 10.0 Å². The molecule has 0 bridgehead atoms. The van der Waals surface area contributed by atoms with Crippen LogP contribution in [0.2, 0.25) is 0 Å². The van der Waals surface area contributed by atoms with E-state index in [1.54, 1.807) is 24.3 Å². The number of ether oxygens (including phenoxy) is 2. The Kier molecular flexibility index (Phi) is 7.03. The molecule has 31 heavy (non-hydrogen) atoms. The van der Waals surface area contributed by atoms with Crippen LogP contribution < -0.4 is 15.5 Å². The maximum absolute atomic E-state index is 12.7. The lowest BCUT2D eigenvalue weighted by atomic mass is 10.2. The fourth-order valence-electron chi connectivity index (χ4n) is 3.59. The van der Waals surface area contributed by atoms with Crippen molar-refractivity contribution >= 4 is 44.4 Å². The van der Waals surface area contributed by atoms with Gasteiger partial charge >= 0.3 is 0 Å². The van der Waals surface area contributed by atoms with E-state index in [-0.39, 0.29) is 4.90 Å². The number of anilines is 3. The van der Waals surface area contributed by atoms with Gasteiger partial charge in [0, 0.05) is 31.9 Å². The number of sulfonamides is 1. The normalized spacial score (nSPS) is 17.9. The molecule has 2 fully saturated rings. The van der Waals surface area contributed by atoms with E-state index in [1.165, 1.54) is 4.31 Å². The van der Waals surface area contributed by atoms with E-state index in [0.29, 0.717) is 50.3 Å². The molecule has 2 saturated heterocycles. The van der Waals surface area contributed by atoms with Crippen LogP contribution in [0.1, 0.15) is 0 Å². The molecule has 2 heterocycles. The maximum atomic E-state index is 12.7. The predicted molar refractivity (Wildman–Crippen MR) is 125 cm³/mol. The van der Waals surface area contributed by atoms with Crippen molar-refractivity contribution in [3.8, 4) is 0 Å². The summed E-state index contributed by atoms with van der Waals surface area (Å²) in [6.45, 7) is 4.66. The molecule has 0 radical (unpaired) electrons. The highest BCUT2D eigenvalue weighted by Gasteiger charge is 2.26.